The topological polar surface area (TPSA) is 43.4 Å². The Morgan fingerprint density at radius 2 is 2.24 bits per heavy atom. The molecule has 1 N–H and O–H groups in total. The van der Waals surface area contributed by atoms with Gasteiger partial charge in [-0.05, 0) is 26.8 Å². The third kappa shape index (κ3) is 3.68. The first-order valence-electron chi connectivity index (χ1n) is 5.97. The molecule has 2 heterocycles. The SMILES string of the molecule is CC(C)(C)NCc1cnccc1OC1COC1. The van der Waals surface area contributed by atoms with Gasteiger partial charge in [0.1, 0.15) is 11.9 Å². The number of ether oxygens (including phenoxy) is 2. The molecular formula is C13H20N2O2. The summed E-state index contributed by atoms with van der Waals surface area (Å²) in [7, 11) is 0. The zero-order valence-electron chi connectivity index (χ0n) is 10.7. The van der Waals surface area contributed by atoms with E-state index in [2.05, 4.69) is 31.1 Å². The molecule has 1 aromatic rings. The molecule has 4 nitrogen and oxygen atoms in total. The number of rotatable bonds is 4. The maximum Gasteiger partial charge on any atom is 0.145 e. The maximum absolute atomic E-state index is 5.84. The van der Waals surface area contributed by atoms with E-state index >= 15 is 0 Å². The first kappa shape index (κ1) is 12.3. The lowest BCUT2D eigenvalue weighted by Crippen LogP contribution is -2.39. The minimum atomic E-state index is 0.0900. The first-order chi connectivity index (χ1) is 8.04. The van der Waals surface area contributed by atoms with E-state index in [1.807, 2.05) is 12.3 Å². The molecule has 0 aliphatic carbocycles. The average Bonchev–Trinajstić information content (AvgIpc) is 2.21. The van der Waals surface area contributed by atoms with Crippen molar-refractivity contribution in [2.45, 2.75) is 39.0 Å². The van der Waals surface area contributed by atoms with E-state index in [-0.39, 0.29) is 11.6 Å². The van der Waals surface area contributed by atoms with Gasteiger partial charge in [-0.1, -0.05) is 0 Å². The van der Waals surface area contributed by atoms with Crippen LogP contribution in [-0.2, 0) is 11.3 Å². The van der Waals surface area contributed by atoms with Crippen LogP contribution >= 0.6 is 0 Å². The minimum Gasteiger partial charge on any atom is -0.485 e. The summed E-state index contributed by atoms with van der Waals surface area (Å²) in [5.74, 6) is 0.907. The molecule has 1 fully saturated rings. The zero-order chi connectivity index (χ0) is 12.3. The molecule has 17 heavy (non-hydrogen) atoms. The molecule has 0 bridgehead atoms. The van der Waals surface area contributed by atoms with Crippen molar-refractivity contribution in [1.82, 2.24) is 10.3 Å². The normalized spacial score (nSPS) is 16.6. The molecule has 1 aliphatic heterocycles. The Hall–Kier alpha value is -1.13. The van der Waals surface area contributed by atoms with Gasteiger partial charge in [-0.15, -0.1) is 0 Å². The van der Waals surface area contributed by atoms with Gasteiger partial charge in [0, 0.05) is 30.0 Å². The van der Waals surface area contributed by atoms with E-state index in [1.165, 1.54) is 0 Å². The molecule has 0 unspecified atom stereocenters. The quantitative estimate of drug-likeness (QED) is 0.865. The van der Waals surface area contributed by atoms with Crippen molar-refractivity contribution < 1.29 is 9.47 Å². The number of aromatic nitrogens is 1. The summed E-state index contributed by atoms with van der Waals surface area (Å²) in [4.78, 5) is 4.15. The van der Waals surface area contributed by atoms with Crippen LogP contribution in [0.3, 0.4) is 0 Å². The van der Waals surface area contributed by atoms with Crippen LogP contribution in [0.2, 0.25) is 0 Å². The van der Waals surface area contributed by atoms with Gasteiger partial charge in [0.15, 0.2) is 0 Å². The van der Waals surface area contributed by atoms with Crippen molar-refractivity contribution in [1.29, 1.82) is 0 Å². The van der Waals surface area contributed by atoms with Crippen molar-refractivity contribution in [2.24, 2.45) is 0 Å². The number of nitrogens with zero attached hydrogens (tertiary/aromatic N) is 1. The monoisotopic (exact) mass is 236 g/mol. The van der Waals surface area contributed by atoms with E-state index < -0.39 is 0 Å². The highest BCUT2D eigenvalue weighted by atomic mass is 16.6. The second-order valence-electron chi connectivity index (χ2n) is 5.36. The molecule has 0 spiro atoms. The largest absolute Gasteiger partial charge is 0.485 e. The van der Waals surface area contributed by atoms with E-state index in [1.54, 1.807) is 6.20 Å². The maximum atomic E-state index is 5.84. The second-order valence-corrected chi connectivity index (χ2v) is 5.36. The Bertz CT molecular complexity index is 370. The summed E-state index contributed by atoms with van der Waals surface area (Å²) in [5, 5.41) is 3.44. The minimum absolute atomic E-state index is 0.0900. The molecule has 1 saturated heterocycles. The summed E-state index contributed by atoms with van der Waals surface area (Å²) in [6.07, 6.45) is 3.81. The number of hydrogen-bond donors (Lipinski definition) is 1. The van der Waals surface area contributed by atoms with E-state index in [9.17, 15) is 0 Å². The molecule has 1 aliphatic rings. The second kappa shape index (κ2) is 5.02. The van der Waals surface area contributed by atoms with E-state index in [0.29, 0.717) is 13.2 Å². The van der Waals surface area contributed by atoms with Gasteiger partial charge in [-0.3, -0.25) is 4.98 Å². The lowest BCUT2D eigenvalue weighted by Gasteiger charge is -2.28. The van der Waals surface area contributed by atoms with Crippen molar-refractivity contribution in [3.05, 3.63) is 24.0 Å². The molecule has 0 radical (unpaired) electrons. The zero-order valence-corrected chi connectivity index (χ0v) is 10.7. The van der Waals surface area contributed by atoms with Crippen LogP contribution < -0.4 is 10.1 Å². The fourth-order valence-electron chi connectivity index (χ4n) is 1.48. The Kier molecular flexibility index (Phi) is 3.64. The third-order valence-electron chi connectivity index (χ3n) is 2.57. The van der Waals surface area contributed by atoms with Crippen LogP contribution in [0.25, 0.3) is 0 Å². The fraction of sp³-hybridized carbons (Fsp3) is 0.615. The molecule has 0 saturated carbocycles. The lowest BCUT2D eigenvalue weighted by atomic mass is 10.1. The summed E-state index contributed by atoms with van der Waals surface area (Å²) in [6.45, 7) is 8.57. The van der Waals surface area contributed by atoms with Crippen molar-refractivity contribution in [3.8, 4) is 5.75 Å². The number of nitrogens with one attached hydrogen (secondary N) is 1. The van der Waals surface area contributed by atoms with Crippen molar-refractivity contribution >= 4 is 0 Å². The Labute approximate surface area is 102 Å². The Morgan fingerprint density at radius 3 is 2.82 bits per heavy atom. The van der Waals surface area contributed by atoms with Crippen LogP contribution in [0.4, 0.5) is 0 Å². The molecule has 2 rings (SSSR count). The Morgan fingerprint density at radius 1 is 1.47 bits per heavy atom. The number of hydrogen-bond acceptors (Lipinski definition) is 4. The molecule has 1 aromatic heterocycles. The summed E-state index contributed by atoms with van der Waals surface area (Å²) < 4.78 is 10.9. The smallest absolute Gasteiger partial charge is 0.145 e. The van der Waals surface area contributed by atoms with Gasteiger partial charge in [-0.2, -0.15) is 0 Å². The van der Waals surface area contributed by atoms with Crippen LogP contribution in [0.1, 0.15) is 26.3 Å². The molecule has 94 valence electrons. The molecule has 0 atom stereocenters. The molecule has 0 aromatic carbocycles. The molecule has 4 heteroatoms. The van der Waals surface area contributed by atoms with Crippen LogP contribution in [0.5, 0.6) is 5.75 Å². The lowest BCUT2D eigenvalue weighted by molar-refractivity contribution is -0.0800. The van der Waals surface area contributed by atoms with Gasteiger partial charge in [0.05, 0.1) is 13.2 Å². The van der Waals surface area contributed by atoms with Crippen molar-refractivity contribution in [3.63, 3.8) is 0 Å². The summed E-state index contributed by atoms with van der Waals surface area (Å²) >= 11 is 0. The Balaban J connectivity index is 1.99. The molecular weight excluding hydrogens is 216 g/mol. The van der Waals surface area contributed by atoms with Gasteiger partial charge >= 0.3 is 0 Å². The van der Waals surface area contributed by atoms with Gasteiger partial charge < -0.3 is 14.8 Å². The van der Waals surface area contributed by atoms with Crippen LogP contribution in [0, 0.1) is 0 Å². The average molecular weight is 236 g/mol. The van der Waals surface area contributed by atoms with E-state index in [0.717, 1.165) is 17.9 Å². The van der Waals surface area contributed by atoms with Gasteiger partial charge in [-0.25, -0.2) is 0 Å². The summed E-state index contributed by atoms with van der Waals surface area (Å²) in [5.41, 5.74) is 1.18. The highest BCUT2D eigenvalue weighted by Crippen LogP contribution is 2.21. The van der Waals surface area contributed by atoms with E-state index in [4.69, 9.17) is 9.47 Å². The van der Waals surface area contributed by atoms with Gasteiger partial charge in [0.2, 0.25) is 0 Å². The standard InChI is InChI=1S/C13H20N2O2/c1-13(2,3)15-7-10-6-14-5-4-12(10)17-11-8-16-9-11/h4-6,11,15H,7-9H2,1-3H3. The first-order valence-corrected chi connectivity index (χ1v) is 5.97. The van der Waals surface area contributed by atoms with Crippen molar-refractivity contribution in [2.75, 3.05) is 13.2 Å². The third-order valence-corrected chi connectivity index (χ3v) is 2.57. The molecule has 0 amide bonds. The predicted octanol–water partition coefficient (Wildman–Crippen LogP) is 1.75. The highest BCUT2D eigenvalue weighted by molar-refractivity contribution is 5.30. The van der Waals surface area contributed by atoms with Crippen LogP contribution in [0.15, 0.2) is 18.5 Å². The predicted molar refractivity (Wildman–Crippen MR) is 66.1 cm³/mol. The van der Waals surface area contributed by atoms with Crippen LogP contribution in [-0.4, -0.2) is 29.8 Å². The number of pyridine rings is 1. The van der Waals surface area contributed by atoms with Gasteiger partial charge in [0.25, 0.3) is 0 Å². The fourth-order valence-corrected chi connectivity index (χ4v) is 1.48. The highest BCUT2D eigenvalue weighted by Gasteiger charge is 2.21. The summed E-state index contributed by atoms with van der Waals surface area (Å²) in [6, 6.07) is 1.91.